The highest BCUT2D eigenvalue weighted by Gasteiger charge is 2.01. The normalized spacial score (nSPS) is 9.00. The Morgan fingerprint density at radius 2 is 2.50 bits per heavy atom. The van der Waals surface area contributed by atoms with Crippen molar-refractivity contribution in [3.63, 3.8) is 0 Å². The summed E-state index contributed by atoms with van der Waals surface area (Å²) in [6, 6.07) is 5.73. The van der Waals surface area contributed by atoms with E-state index in [1.165, 1.54) is 0 Å². The van der Waals surface area contributed by atoms with E-state index < -0.39 is 0 Å². The molecule has 1 heterocycles. The molecule has 0 aliphatic rings. The lowest BCUT2D eigenvalue weighted by atomic mass is 10.2. The molecule has 1 aromatic rings. The van der Waals surface area contributed by atoms with Gasteiger partial charge in [0, 0.05) is 19.0 Å². The van der Waals surface area contributed by atoms with Crippen LogP contribution in [0.2, 0.25) is 0 Å². The van der Waals surface area contributed by atoms with E-state index in [9.17, 15) is 0 Å². The number of hydrogen-bond acceptors (Lipinski definition) is 3. The molecule has 0 unspecified atom stereocenters. The van der Waals surface area contributed by atoms with Crippen LogP contribution in [-0.2, 0) is 6.42 Å². The molecule has 0 radical (unpaired) electrons. The average Bonchev–Trinajstić information content (AvgIpc) is 2.15. The van der Waals surface area contributed by atoms with Crippen LogP contribution in [0.3, 0.4) is 0 Å². The van der Waals surface area contributed by atoms with E-state index in [2.05, 4.69) is 11.1 Å². The van der Waals surface area contributed by atoms with E-state index in [-0.39, 0.29) is 0 Å². The fourth-order valence-electron chi connectivity index (χ4n) is 0.971. The smallest absolute Gasteiger partial charge is 0.140 e. The maximum atomic E-state index is 8.37. The summed E-state index contributed by atoms with van der Waals surface area (Å²) in [7, 11) is 1.60. The maximum absolute atomic E-state index is 8.37. The van der Waals surface area contributed by atoms with E-state index in [1.807, 2.05) is 12.1 Å². The number of rotatable bonds is 3. The lowest BCUT2D eigenvalue weighted by Crippen LogP contribution is -1.94. The van der Waals surface area contributed by atoms with Crippen molar-refractivity contribution in [3.8, 4) is 11.8 Å². The van der Waals surface area contributed by atoms with Gasteiger partial charge in [-0.05, 0) is 12.1 Å². The maximum Gasteiger partial charge on any atom is 0.140 e. The Labute approximate surface area is 71.6 Å². The summed E-state index contributed by atoms with van der Waals surface area (Å²) >= 11 is 0. The molecule has 0 N–H and O–H groups in total. The first kappa shape index (κ1) is 8.54. The minimum Gasteiger partial charge on any atom is -0.495 e. The Morgan fingerprint density at radius 3 is 3.17 bits per heavy atom. The molecule has 0 saturated heterocycles. The van der Waals surface area contributed by atoms with Crippen molar-refractivity contribution < 1.29 is 4.74 Å². The van der Waals surface area contributed by atoms with Gasteiger partial charge in [0.25, 0.3) is 0 Å². The summed E-state index contributed by atoms with van der Waals surface area (Å²) in [5.74, 6) is 0.757. The van der Waals surface area contributed by atoms with Gasteiger partial charge in [-0.1, -0.05) is 0 Å². The van der Waals surface area contributed by atoms with Crippen molar-refractivity contribution in [2.24, 2.45) is 0 Å². The third kappa shape index (κ3) is 1.96. The van der Waals surface area contributed by atoms with Crippen LogP contribution in [0.1, 0.15) is 12.1 Å². The minimum atomic E-state index is 0.480. The second-order valence-corrected chi connectivity index (χ2v) is 2.31. The van der Waals surface area contributed by atoms with Crippen LogP contribution in [0.15, 0.2) is 18.3 Å². The van der Waals surface area contributed by atoms with E-state index >= 15 is 0 Å². The molecule has 0 bridgehead atoms. The zero-order chi connectivity index (χ0) is 8.81. The number of pyridine rings is 1. The van der Waals surface area contributed by atoms with Gasteiger partial charge in [0.15, 0.2) is 0 Å². The zero-order valence-corrected chi connectivity index (χ0v) is 6.95. The van der Waals surface area contributed by atoms with Crippen LogP contribution in [-0.4, -0.2) is 12.1 Å². The van der Waals surface area contributed by atoms with E-state index in [0.717, 1.165) is 11.4 Å². The molecule has 3 nitrogen and oxygen atoms in total. The fraction of sp³-hybridized carbons (Fsp3) is 0.333. The predicted molar refractivity (Wildman–Crippen MR) is 44.7 cm³/mol. The van der Waals surface area contributed by atoms with Crippen molar-refractivity contribution in [1.82, 2.24) is 4.98 Å². The van der Waals surface area contributed by atoms with Gasteiger partial charge < -0.3 is 4.74 Å². The minimum absolute atomic E-state index is 0.480. The Bertz CT molecular complexity index is 291. The van der Waals surface area contributed by atoms with Crippen molar-refractivity contribution in [3.05, 3.63) is 24.0 Å². The Balaban J connectivity index is 2.76. The Kier molecular flexibility index (Phi) is 3.09. The third-order valence-corrected chi connectivity index (χ3v) is 1.54. The van der Waals surface area contributed by atoms with Crippen LogP contribution in [0.4, 0.5) is 0 Å². The Hall–Kier alpha value is -1.56. The van der Waals surface area contributed by atoms with Gasteiger partial charge in [0.1, 0.15) is 5.75 Å². The lowest BCUT2D eigenvalue weighted by molar-refractivity contribution is 0.407. The SMILES string of the molecule is COc1cccnc1CCC#N. The molecule has 1 aromatic heterocycles. The van der Waals surface area contributed by atoms with Gasteiger partial charge in [-0.15, -0.1) is 0 Å². The number of methoxy groups -OCH3 is 1. The number of ether oxygens (including phenoxy) is 1. The van der Waals surface area contributed by atoms with Gasteiger partial charge in [0.2, 0.25) is 0 Å². The van der Waals surface area contributed by atoms with E-state index in [0.29, 0.717) is 12.8 Å². The number of aromatic nitrogens is 1. The highest BCUT2D eigenvalue weighted by Crippen LogP contribution is 2.15. The molecule has 0 aromatic carbocycles. The van der Waals surface area contributed by atoms with E-state index in [4.69, 9.17) is 10.00 Å². The molecule has 62 valence electrons. The fourth-order valence-corrected chi connectivity index (χ4v) is 0.971. The molecule has 0 aliphatic carbocycles. The number of nitrogens with zero attached hydrogens (tertiary/aromatic N) is 2. The largest absolute Gasteiger partial charge is 0.495 e. The van der Waals surface area contributed by atoms with Crippen LogP contribution < -0.4 is 4.74 Å². The first-order valence-electron chi connectivity index (χ1n) is 3.73. The second kappa shape index (κ2) is 4.35. The summed E-state index contributed by atoms with van der Waals surface area (Å²) in [5, 5.41) is 8.37. The highest BCUT2D eigenvalue weighted by atomic mass is 16.5. The van der Waals surface area contributed by atoms with Crippen LogP contribution in [0.25, 0.3) is 0 Å². The molecule has 0 fully saturated rings. The first-order chi connectivity index (χ1) is 5.88. The predicted octanol–water partition coefficient (Wildman–Crippen LogP) is 1.55. The molecule has 3 heteroatoms. The van der Waals surface area contributed by atoms with Gasteiger partial charge in [-0.3, -0.25) is 4.98 Å². The van der Waals surface area contributed by atoms with Crippen LogP contribution in [0.5, 0.6) is 5.75 Å². The summed E-state index contributed by atoms with van der Waals surface area (Å²) in [6.45, 7) is 0. The molecule has 0 aliphatic heterocycles. The molecule has 12 heavy (non-hydrogen) atoms. The summed E-state index contributed by atoms with van der Waals surface area (Å²) in [5.41, 5.74) is 0.849. The highest BCUT2D eigenvalue weighted by molar-refractivity contribution is 5.26. The topological polar surface area (TPSA) is 45.9 Å². The zero-order valence-electron chi connectivity index (χ0n) is 6.95. The Morgan fingerprint density at radius 1 is 1.67 bits per heavy atom. The number of nitriles is 1. The molecule has 0 amide bonds. The standard InChI is InChI=1S/C9H10N2O/c1-12-9-5-3-7-11-8(9)4-2-6-10/h3,5,7H,2,4H2,1H3. The monoisotopic (exact) mass is 162 g/mol. The number of hydrogen-bond donors (Lipinski definition) is 0. The van der Waals surface area contributed by atoms with Crippen molar-refractivity contribution in [2.45, 2.75) is 12.8 Å². The second-order valence-electron chi connectivity index (χ2n) is 2.31. The molecular weight excluding hydrogens is 152 g/mol. The van der Waals surface area contributed by atoms with Gasteiger partial charge in [-0.2, -0.15) is 5.26 Å². The van der Waals surface area contributed by atoms with E-state index in [1.54, 1.807) is 13.3 Å². The first-order valence-corrected chi connectivity index (χ1v) is 3.73. The lowest BCUT2D eigenvalue weighted by Gasteiger charge is -2.03. The quantitative estimate of drug-likeness (QED) is 0.677. The van der Waals surface area contributed by atoms with Crippen molar-refractivity contribution >= 4 is 0 Å². The summed E-state index contributed by atoms with van der Waals surface area (Å²) < 4.78 is 5.07. The van der Waals surface area contributed by atoms with Crippen LogP contribution >= 0.6 is 0 Å². The van der Waals surface area contributed by atoms with Gasteiger partial charge in [-0.25, -0.2) is 0 Å². The van der Waals surface area contributed by atoms with Gasteiger partial charge >= 0.3 is 0 Å². The molecule has 1 rings (SSSR count). The molecule has 0 atom stereocenters. The summed E-state index contributed by atoms with van der Waals surface area (Å²) in [6.07, 6.45) is 2.84. The van der Waals surface area contributed by atoms with Gasteiger partial charge in [0.05, 0.1) is 18.9 Å². The average molecular weight is 162 g/mol. The molecule has 0 spiro atoms. The van der Waals surface area contributed by atoms with Crippen LogP contribution in [0, 0.1) is 11.3 Å². The summed E-state index contributed by atoms with van der Waals surface area (Å²) in [4.78, 5) is 4.11. The van der Waals surface area contributed by atoms with Crippen molar-refractivity contribution in [2.75, 3.05) is 7.11 Å². The number of aryl methyl sites for hydroxylation is 1. The molecular formula is C9H10N2O. The molecule has 0 saturated carbocycles. The third-order valence-electron chi connectivity index (χ3n) is 1.54. The van der Waals surface area contributed by atoms with Crippen molar-refractivity contribution in [1.29, 1.82) is 5.26 Å².